The monoisotopic (exact) mass is 626 g/mol. The van der Waals surface area contributed by atoms with Gasteiger partial charge in [0.25, 0.3) is 11.8 Å². The van der Waals surface area contributed by atoms with Crippen LogP contribution in [-0.4, -0.2) is 62.2 Å². The van der Waals surface area contributed by atoms with Crippen molar-refractivity contribution in [2.75, 3.05) is 13.2 Å². The maximum absolute atomic E-state index is 13.0. The summed E-state index contributed by atoms with van der Waals surface area (Å²) >= 11 is 21.4. The number of aliphatic hydroxyl groups excluding tert-OH is 1. The third-order valence-electron chi connectivity index (χ3n) is 4.86. The van der Waals surface area contributed by atoms with Crippen LogP contribution in [-0.2, 0) is 28.7 Å². The summed E-state index contributed by atoms with van der Waals surface area (Å²) < 4.78 is 8.24. The second kappa shape index (κ2) is 11.5. The van der Waals surface area contributed by atoms with E-state index in [1.165, 1.54) is 11.9 Å². The first-order chi connectivity index (χ1) is 16.4. The number of aliphatic hydroxyl groups is 1. The van der Waals surface area contributed by atoms with Crippen molar-refractivity contribution in [2.45, 2.75) is 28.2 Å². The third-order valence-corrected chi connectivity index (χ3v) is 7.29. The predicted octanol–water partition coefficient (Wildman–Crippen LogP) is 3.09. The number of alkyl halides is 3. The zero-order valence-electron chi connectivity index (χ0n) is 17.9. The average Bonchev–Trinajstić information content (AvgIpc) is 2.82. The number of benzene rings is 1. The van der Waals surface area contributed by atoms with Gasteiger partial charge >= 0.3 is 11.9 Å². The van der Waals surface area contributed by atoms with E-state index < -0.39 is 51.7 Å². The molecule has 0 aliphatic carbocycles. The van der Waals surface area contributed by atoms with Crippen molar-refractivity contribution in [1.82, 2.24) is 10.2 Å². The van der Waals surface area contributed by atoms with Gasteiger partial charge in [0, 0.05) is 17.4 Å². The van der Waals surface area contributed by atoms with Gasteiger partial charge in [0.1, 0.15) is 30.3 Å². The summed E-state index contributed by atoms with van der Waals surface area (Å²) in [6.07, 6.45) is -1.50. The van der Waals surface area contributed by atoms with Gasteiger partial charge in [-0.1, -0.05) is 92.8 Å². The summed E-state index contributed by atoms with van der Waals surface area (Å²) in [6, 6.07) is 7.15. The minimum Gasteiger partial charge on any atom is -0.461 e. The first kappa shape index (κ1) is 27.8. The highest BCUT2D eigenvalue weighted by Crippen LogP contribution is 2.47. The number of carbonyl (C=O) groups is 4. The van der Waals surface area contributed by atoms with Crippen molar-refractivity contribution in [1.29, 1.82) is 0 Å². The number of amides is 2. The lowest BCUT2D eigenvalue weighted by atomic mass is 10.0. The summed E-state index contributed by atoms with van der Waals surface area (Å²) in [6.45, 7) is 0.256. The van der Waals surface area contributed by atoms with Crippen molar-refractivity contribution in [3.63, 3.8) is 0 Å². The SMILES string of the molecule is CC(=O)OCC1=C(C(=O)OCC(Cl)(Cl)Cl)N2C(=O)C(NC(=O)C(O)c3ccccc3)[C@H]2SC1=CBr. The molecule has 1 aromatic carbocycles. The molecule has 3 rings (SSSR count). The van der Waals surface area contributed by atoms with E-state index in [1.54, 1.807) is 30.3 Å². The standard InChI is InChI=1S/C21H18BrCl3N2O7S/c1-10(28)33-8-12-13(7-22)35-19-14(26-17(30)16(29)11-5-3-2-4-6-11)18(31)27(19)15(12)20(32)34-9-21(23,24)25/h2-7,14,16,19,29H,8-9H2,1H3,(H,26,30)/t14?,16?,19-/m1/s1. The molecule has 188 valence electrons. The van der Waals surface area contributed by atoms with Gasteiger partial charge in [-0.15, -0.1) is 0 Å². The fraction of sp³-hybridized carbons (Fsp3) is 0.333. The van der Waals surface area contributed by atoms with Crippen LogP contribution >= 0.6 is 62.5 Å². The minimum absolute atomic E-state index is 0.190. The van der Waals surface area contributed by atoms with Crippen LogP contribution in [0.4, 0.5) is 0 Å². The molecule has 2 unspecified atom stereocenters. The number of β-lactam (4-membered cyclic amide) rings is 1. The lowest BCUT2D eigenvalue weighted by molar-refractivity contribution is -0.153. The third kappa shape index (κ3) is 6.52. The van der Waals surface area contributed by atoms with Gasteiger partial charge in [-0.2, -0.15) is 0 Å². The highest BCUT2D eigenvalue weighted by molar-refractivity contribution is 9.11. The molecule has 2 heterocycles. The smallest absolute Gasteiger partial charge is 0.355 e. The summed E-state index contributed by atoms with van der Waals surface area (Å²) in [5.41, 5.74) is 0.328. The van der Waals surface area contributed by atoms with E-state index in [2.05, 4.69) is 21.2 Å². The Balaban J connectivity index is 1.87. The van der Waals surface area contributed by atoms with Crippen LogP contribution in [0, 0.1) is 0 Å². The van der Waals surface area contributed by atoms with Crippen LogP contribution in [0.1, 0.15) is 18.6 Å². The number of fused-ring (bicyclic) bond motifs is 1. The largest absolute Gasteiger partial charge is 0.461 e. The van der Waals surface area contributed by atoms with E-state index in [-0.39, 0.29) is 17.9 Å². The number of hydrogen-bond acceptors (Lipinski definition) is 8. The summed E-state index contributed by atoms with van der Waals surface area (Å²) in [5.74, 6) is -3.01. The number of esters is 2. The van der Waals surface area contributed by atoms with Gasteiger partial charge in [0.15, 0.2) is 6.10 Å². The maximum Gasteiger partial charge on any atom is 0.355 e. The maximum atomic E-state index is 13.0. The molecule has 0 spiro atoms. The fourth-order valence-electron chi connectivity index (χ4n) is 3.28. The minimum atomic E-state index is -1.90. The number of ether oxygens (including phenoxy) is 2. The number of nitrogens with one attached hydrogen (secondary N) is 1. The summed E-state index contributed by atoms with van der Waals surface area (Å²) in [5, 5.41) is 12.1. The first-order valence-electron chi connectivity index (χ1n) is 9.89. The van der Waals surface area contributed by atoms with E-state index in [9.17, 15) is 24.3 Å². The Hall–Kier alpha value is -1.76. The molecule has 0 aromatic heterocycles. The number of carbonyl (C=O) groups excluding carboxylic acids is 4. The van der Waals surface area contributed by atoms with Gasteiger partial charge in [-0.3, -0.25) is 19.3 Å². The average molecular weight is 629 g/mol. The number of thioether (sulfide) groups is 1. The van der Waals surface area contributed by atoms with Crippen LogP contribution in [0.2, 0.25) is 0 Å². The second-order valence-electron chi connectivity index (χ2n) is 7.29. The fourth-order valence-corrected chi connectivity index (χ4v) is 5.29. The van der Waals surface area contributed by atoms with Crippen LogP contribution in [0.3, 0.4) is 0 Å². The van der Waals surface area contributed by atoms with E-state index in [1.807, 2.05) is 0 Å². The van der Waals surface area contributed by atoms with E-state index in [0.717, 1.165) is 16.7 Å². The molecular formula is C21H18BrCl3N2O7S. The van der Waals surface area contributed by atoms with Gasteiger partial charge in [0.2, 0.25) is 3.79 Å². The molecule has 3 atom stereocenters. The number of rotatable bonds is 7. The highest BCUT2D eigenvalue weighted by Gasteiger charge is 2.56. The predicted molar refractivity (Wildman–Crippen MR) is 133 cm³/mol. The van der Waals surface area contributed by atoms with E-state index in [0.29, 0.717) is 10.5 Å². The van der Waals surface area contributed by atoms with Crippen LogP contribution in [0.25, 0.3) is 0 Å². The lowest BCUT2D eigenvalue weighted by Crippen LogP contribution is -2.70. The molecule has 0 bridgehead atoms. The molecule has 1 saturated heterocycles. The molecule has 1 fully saturated rings. The van der Waals surface area contributed by atoms with Gasteiger partial charge in [-0.05, 0) is 10.5 Å². The van der Waals surface area contributed by atoms with E-state index in [4.69, 9.17) is 44.3 Å². The number of halogens is 4. The van der Waals surface area contributed by atoms with E-state index >= 15 is 0 Å². The van der Waals surface area contributed by atoms with Crippen molar-refractivity contribution in [3.8, 4) is 0 Å². The summed E-state index contributed by atoms with van der Waals surface area (Å²) in [4.78, 5) is 53.0. The van der Waals surface area contributed by atoms with Gasteiger partial charge in [-0.25, -0.2) is 4.79 Å². The molecule has 9 nitrogen and oxygen atoms in total. The molecule has 14 heteroatoms. The molecule has 2 N–H and O–H groups in total. The zero-order valence-corrected chi connectivity index (χ0v) is 22.5. The lowest BCUT2D eigenvalue weighted by Gasteiger charge is -2.50. The molecule has 2 aliphatic heterocycles. The van der Waals surface area contributed by atoms with Crippen molar-refractivity contribution < 1.29 is 33.8 Å². The normalized spacial score (nSPS) is 21.7. The second-order valence-corrected chi connectivity index (χ2v) is 11.4. The van der Waals surface area contributed by atoms with Crippen molar-refractivity contribution in [2.24, 2.45) is 0 Å². The summed E-state index contributed by atoms with van der Waals surface area (Å²) in [7, 11) is 0. The van der Waals surface area contributed by atoms with Crippen LogP contribution in [0.15, 0.2) is 51.5 Å². The Morgan fingerprint density at radius 2 is 1.91 bits per heavy atom. The molecule has 2 aliphatic rings. The Labute approximate surface area is 227 Å². The molecule has 1 aromatic rings. The Morgan fingerprint density at radius 1 is 1.26 bits per heavy atom. The quantitative estimate of drug-likeness (QED) is 0.269. The topological polar surface area (TPSA) is 122 Å². The molecule has 35 heavy (non-hydrogen) atoms. The number of hydrogen-bond donors (Lipinski definition) is 2. The van der Waals surface area contributed by atoms with Gasteiger partial charge in [0.05, 0.1) is 0 Å². The van der Waals surface area contributed by atoms with Gasteiger partial charge < -0.3 is 19.9 Å². The highest BCUT2D eigenvalue weighted by atomic mass is 79.9. The molecule has 0 saturated carbocycles. The van der Waals surface area contributed by atoms with Crippen molar-refractivity contribution in [3.05, 3.63) is 57.1 Å². The molecular weight excluding hydrogens is 611 g/mol. The first-order valence-corrected chi connectivity index (χ1v) is 12.8. The van der Waals surface area contributed by atoms with Crippen molar-refractivity contribution >= 4 is 86.2 Å². The Kier molecular flexibility index (Phi) is 9.16. The molecule has 0 radical (unpaired) electrons. The Morgan fingerprint density at radius 3 is 2.49 bits per heavy atom. The molecule has 2 amide bonds. The van der Waals surface area contributed by atoms with Crippen LogP contribution < -0.4 is 5.32 Å². The zero-order chi connectivity index (χ0) is 25.9. The number of nitrogens with zero attached hydrogens (tertiary/aromatic N) is 1. The van der Waals surface area contributed by atoms with Crippen LogP contribution in [0.5, 0.6) is 0 Å². The Bertz CT molecular complexity index is 1090.